The first-order valence-electron chi connectivity index (χ1n) is 8.14. The van der Waals surface area contributed by atoms with Crippen LogP contribution in [0.5, 0.6) is 0 Å². The molecule has 0 aliphatic heterocycles. The molecule has 0 saturated carbocycles. The molecule has 1 amide bonds. The summed E-state index contributed by atoms with van der Waals surface area (Å²) in [6.07, 6.45) is 0. The number of carbonyl (C=O) groups excluding carboxylic acids is 1. The van der Waals surface area contributed by atoms with Crippen LogP contribution in [0.1, 0.15) is 15.9 Å². The molecule has 0 aliphatic rings. The number of halogens is 1. The van der Waals surface area contributed by atoms with Crippen LogP contribution >= 0.6 is 0 Å². The summed E-state index contributed by atoms with van der Waals surface area (Å²) >= 11 is 0. The van der Waals surface area contributed by atoms with Gasteiger partial charge in [-0.15, -0.1) is 0 Å². The Morgan fingerprint density at radius 2 is 1.85 bits per heavy atom. The maximum absolute atomic E-state index is 13.8. The summed E-state index contributed by atoms with van der Waals surface area (Å²) < 4.78 is 19.6. The van der Waals surface area contributed by atoms with Gasteiger partial charge >= 0.3 is 0 Å². The molecule has 0 spiro atoms. The minimum absolute atomic E-state index is 0.00427. The number of hydrogen-bond donors (Lipinski definition) is 1. The first-order valence-corrected chi connectivity index (χ1v) is 8.14. The monoisotopic (exact) mass is 346 g/mol. The van der Waals surface area contributed by atoms with Crippen molar-refractivity contribution in [3.05, 3.63) is 83.7 Å². The molecule has 128 valence electrons. The molecular weight excluding hydrogens is 331 g/mol. The fourth-order valence-corrected chi connectivity index (χ4v) is 2.78. The molecule has 0 fully saturated rings. The van der Waals surface area contributed by atoms with Gasteiger partial charge in [-0.25, -0.2) is 9.37 Å². The minimum Gasteiger partial charge on any atom is -0.436 e. The molecule has 5 heteroatoms. The Kier molecular flexibility index (Phi) is 3.97. The number of para-hydroxylation sites is 1. The van der Waals surface area contributed by atoms with Gasteiger partial charge in [-0.1, -0.05) is 30.3 Å². The molecular formula is C21H15FN2O2. The Morgan fingerprint density at radius 1 is 1.04 bits per heavy atom. The second kappa shape index (κ2) is 6.44. The van der Waals surface area contributed by atoms with Crippen LogP contribution in [0.15, 0.2) is 71.1 Å². The van der Waals surface area contributed by atoms with Crippen molar-refractivity contribution in [2.24, 2.45) is 0 Å². The van der Waals surface area contributed by atoms with E-state index in [9.17, 15) is 9.18 Å². The van der Waals surface area contributed by atoms with Gasteiger partial charge in [-0.05, 0) is 48.9 Å². The van der Waals surface area contributed by atoms with Crippen molar-refractivity contribution >= 4 is 22.7 Å². The Morgan fingerprint density at radius 3 is 2.65 bits per heavy atom. The van der Waals surface area contributed by atoms with Crippen molar-refractivity contribution in [3.8, 4) is 11.5 Å². The van der Waals surface area contributed by atoms with Gasteiger partial charge in [0.2, 0.25) is 5.89 Å². The number of anilines is 1. The van der Waals surface area contributed by atoms with E-state index in [-0.39, 0.29) is 5.56 Å². The highest BCUT2D eigenvalue weighted by Crippen LogP contribution is 2.27. The van der Waals surface area contributed by atoms with Crippen LogP contribution in [0.25, 0.3) is 22.6 Å². The average Bonchev–Trinajstić information content (AvgIpc) is 3.08. The van der Waals surface area contributed by atoms with Crippen molar-refractivity contribution in [1.29, 1.82) is 0 Å². The summed E-state index contributed by atoms with van der Waals surface area (Å²) in [4.78, 5) is 16.8. The number of aromatic nitrogens is 1. The van der Waals surface area contributed by atoms with Crippen LogP contribution in [-0.2, 0) is 0 Å². The molecule has 0 bridgehead atoms. The second-order valence-corrected chi connectivity index (χ2v) is 5.96. The third-order valence-corrected chi connectivity index (χ3v) is 4.11. The zero-order valence-electron chi connectivity index (χ0n) is 14.0. The van der Waals surface area contributed by atoms with Crippen molar-refractivity contribution in [3.63, 3.8) is 0 Å². The van der Waals surface area contributed by atoms with Gasteiger partial charge in [0.25, 0.3) is 5.91 Å². The summed E-state index contributed by atoms with van der Waals surface area (Å²) in [6, 6.07) is 18.7. The summed E-state index contributed by atoms with van der Waals surface area (Å²) in [5, 5.41) is 2.71. The molecule has 4 rings (SSSR count). The third-order valence-electron chi connectivity index (χ3n) is 4.11. The Hall–Kier alpha value is -3.47. The Balaban J connectivity index is 1.65. The lowest BCUT2D eigenvalue weighted by atomic mass is 10.1. The second-order valence-electron chi connectivity index (χ2n) is 5.96. The Labute approximate surface area is 149 Å². The predicted octanol–water partition coefficient (Wildman–Crippen LogP) is 5.19. The number of nitrogens with zero attached hydrogens (tertiary/aromatic N) is 1. The van der Waals surface area contributed by atoms with Gasteiger partial charge in [-0.3, -0.25) is 4.79 Å². The van der Waals surface area contributed by atoms with Crippen LogP contribution in [0.2, 0.25) is 0 Å². The molecule has 26 heavy (non-hydrogen) atoms. The van der Waals surface area contributed by atoms with E-state index in [1.807, 2.05) is 31.2 Å². The largest absolute Gasteiger partial charge is 0.436 e. The number of rotatable bonds is 3. The number of aryl methyl sites for hydroxylation is 1. The summed E-state index contributed by atoms with van der Waals surface area (Å²) in [5.74, 6) is -0.597. The summed E-state index contributed by atoms with van der Waals surface area (Å²) in [7, 11) is 0. The fourth-order valence-electron chi connectivity index (χ4n) is 2.78. The van der Waals surface area contributed by atoms with Gasteiger partial charge < -0.3 is 9.73 Å². The smallest absolute Gasteiger partial charge is 0.258 e. The van der Waals surface area contributed by atoms with Gasteiger partial charge in [0.05, 0.1) is 5.56 Å². The van der Waals surface area contributed by atoms with E-state index in [4.69, 9.17) is 4.42 Å². The standard InChI is InChI=1S/C21H15FN2O2/c1-13-6-4-11-18-19(13)24-21(26-18)14-7-5-8-15(12-14)23-20(25)16-9-2-3-10-17(16)22/h2-12H,1H3,(H,23,25). The van der Waals surface area contributed by atoms with Crippen LogP contribution in [0, 0.1) is 12.7 Å². The van der Waals surface area contributed by atoms with Crippen molar-refractivity contribution in [1.82, 2.24) is 4.98 Å². The average molecular weight is 346 g/mol. The van der Waals surface area contributed by atoms with Crippen LogP contribution in [-0.4, -0.2) is 10.9 Å². The molecule has 0 radical (unpaired) electrons. The minimum atomic E-state index is -0.560. The highest BCUT2D eigenvalue weighted by Gasteiger charge is 2.13. The van der Waals surface area contributed by atoms with E-state index < -0.39 is 11.7 Å². The molecule has 1 aromatic heterocycles. The number of hydrogen-bond acceptors (Lipinski definition) is 3. The zero-order valence-corrected chi connectivity index (χ0v) is 14.0. The lowest BCUT2D eigenvalue weighted by Gasteiger charge is -2.07. The number of carbonyl (C=O) groups is 1. The number of fused-ring (bicyclic) bond motifs is 1. The normalized spacial score (nSPS) is 10.8. The van der Waals surface area contributed by atoms with Crippen molar-refractivity contribution < 1.29 is 13.6 Å². The van der Waals surface area contributed by atoms with Gasteiger partial charge in [-0.2, -0.15) is 0 Å². The maximum atomic E-state index is 13.8. The molecule has 3 aromatic carbocycles. The number of benzene rings is 3. The van der Waals surface area contributed by atoms with Gasteiger partial charge in [0.15, 0.2) is 5.58 Å². The topological polar surface area (TPSA) is 55.1 Å². The molecule has 0 unspecified atom stereocenters. The van der Waals surface area contributed by atoms with Crippen LogP contribution in [0.4, 0.5) is 10.1 Å². The lowest BCUT2D eigenvalue weighted by Crippen LogP contribution is -2.13. The number of oxazole rings is 1. The van der Waals surface area contributed by atoms with Gasteiger partial charge in [0, 0.05) is 11.3 Å². The molecule has 4 aromatic rings. The SMILES string of the molecule is Cc1cccc2oc(-c3cccc(NC(=O)c4ccccc4F)c3)nc12. The van der Waals surface area contributed by atoms with E-state index in [0.29, 0.717) is 17.2 Å². The molecule has 1 heterocycles. The van der Waals surface area contributed by atoms with Crippen LogP contribution in [0.3, 0.4) is 0 Å². The lowest BCUT2D eigenvalue weighted by molar-refractivity contribution is 0.102. The summed E-state index contributed by atoms with van der Waals surface area (Å²) in [6.45, 7) is 1.97. The van der Waals surface area contributed by atoms with E-state index in [1.165, 1.54) is 12.1 Å². The third kappa shape index (κ3) is 2.95. The highest BCUT2D eigenvalue weighted by atomic mass is 19.1. The molecule has 0 atom stereocenters. The van der Waals surface area contributed by atoms with E-state index in [2.05, 4.69) is 10.3 Å². The number of amides is 1. The Bertz CT molecular complexity index is 1120. The van der Waals surface area contributed by atoms with E-state index >= 15 is 0 Å². The molecule has 1 N–H and O–H groups in total. The first kappa shape index (κ1) is 16.0. The van der Waals surface area contributed by atoms with E-state index in [1.54, 1.807) is 30.3 Å². The fraction of sp³-hybridized carbons (Fsp3) is 0.0476. The molecule has 0 aliphatic carbocycles. The first-order chi connectivity index (χ1) is 12.6. The van der Waals surface area contributed by atoms with Crippen molar-refractivity contribution in [2.45, 2.75) is 6.92 Å². The number of nitrogens with one attached hydrogen (secondary N) is 1. The van der Waals surface area contributed by atoms with Crippen molar-refractivity contribution in [2.75, 3.05) is 5.32 Å². The maximum Gasteiger partial charge on any atom is 0.258 e. The van der Waals surface area contributed by atoms with Crippen LogP contribution < -0.4 is 5.32 Å². The summed E-state index contributed by atoms with van der Waals surface area (Å²) in [5.41, 5.74) is 3.81. The van der Waals surface area contributed by atoms with Gasteiger partial charge in [0.1, 0.15) is 11.3 Å². The quantitative estimate of drug-likeness (QED) is 0.555. The zero-order chi connectivity index (χ0) is 18.1. The van der Waals surface area contributed by atoms with E-state index in [0.717, 1.165) is 16.6 Å². The molecule has 4 nitrogen and oxygen atoms in total. The predicted molar refractivity (Wildman–Crippen MR) is 98.5 cm³/mol. The highest BCUT2D eigenvalue weighted by molar-refractivity contribution is 6.04. The molecule has 0 saturated heterocycles.